The van der Waals surface area contributed by atoms with E-state index >= 15 is 0 Å². The summed E-state index contributed by atoms with van der Waals surface area (Å²) in [7, 11) is 0. The van der Waals surface area contributed by atoms with Crippen LogP contribution in [0, 0.1) is 17.1 Å². The molecule has 0 heterocycles. The van der Waals surface area contributed by atoms with Crippen LogP contribution >= 0.6 is 0 Å². The first-order valence-electron chi connectivity index (χ1n) is 5.92. The van der Waals surface area contributed by atoms with Gasteiger partial charge in [0.2, 0.25) is 0 Å². The average molecular weight is 239 g/mol. The standard InChI is InChI=1S/C16H14FN/c1-11(2)12-7-8-15(16(17)9-12)14-6-4-3-5-13(14)10-18/h3-9,11H,1-2H3. The summed E-state index contributed by atoms with van der Waals surface area (Å²) >= 11 is 0. The molecule has 18 heavy (non-hydrogen) atoms. The van der Waals surface area contributed by atoms with E-state index in [9.17, 15) is 4.39 Å². The van der Waals surface area contributed by atoms with Crippen molar-refractivity contribution in [2.45, 2.75) is 19.8 Å². The summed E-state index contributed by atoms with van der Waals surface area (Å²) < 4.78 is 14.1. The largest absolute Gasteiger partial charge is 0.206 e. The zero-order chi connectivity index (χ0) is 13.1. The molecule has 0 radical (unpaired) electrons. The van der Waals surface area contributed by atoms with E-state index in [0.29, 0.717) is 22.6 Å². The molecule has 0 spiro atoms. The predicted molar refractivity (Wildman–Crippen MR) is 70.6 cm³/mol. The van der Waals surface area contributed by atoms with Crippen molar-refractivity contribution >= 4 is 0 Å². The van der Waals surface area contributed by atoms with Gasteiger partial charge in [-0.2, -0.15) is 5.26 Å². The van der Waals surface area contributed by atoms with Crippen LogP contribution in [-0.4, -0.2) is 0 Å². The molecule has 2 aromatic carbocycles. The van der Waals surface area contributed by atoms with Gasteiger partial charge in [0.25, 0.3) is 0 Å². The first kappa shape index (κ1) is 12.3. The molecule has 0 N–H and O–H groups in total. The van der Waals surface area contributed by atoms with E-state index in [-0.39, 0.29) is 5.82 Å². The molecule has 0 bridgehead atoms. The molecule has 2 heteroatoms. The molecule has 0 amide bonds. The van der Waals surface area contributed by atoms with Gasteiger partial charge in [0, 0.05) is 11.1 Å². The zero-order valence-corrected chi connectivity index (χ0v) is 10.4. The number of rotatable bonds is 2. The average Bonchev–Trinajstić information content (AvgIpc) is 2.38. The second-order valence-electron chi connectivity index (χ2n) is 4.55. The molecule has 0 unspecified atom stereocenters. The van der Waals surface area contributed by atoms with Gasteiger partial charge in [-0.1, -0.05) is 44.2 Å². The van der Waals surface area contributed by atoms with Gasteiger partial charge in [-0.25, -0.2) is 4.39 Å². The molecule has 0 aliphatic heterocycles. The monoisotopic (exact) mass is 239 g/mol. The molecule has 0 aliphatic rings. The number of nitrogens with zero attached hydrogens (tertiary/aromatic N) is 1. The Morgan fingerprint density at radius 3 is 2.39 bits per heavy atom. The summed E-state index contributed by atoms with van der Waals surface area (Å²) in [6, 6.07) is 14.4. The minimum Gasteiger partial charge on any atom is -0.206 e. The fraction of sp³-hybridized carbons (Fsp3) is 0.188. The summed E-state index contributed by atoms with van der Waals surface area (Å²) in [5.74, 6) is 0.0173. The lowest BCUT2D eigenvalue weighted by atomic mass is 9.96. The summed E-state index contributed by atoms with van der Waals surface area (Å²) in [6.07, 6.45) is 0. The maximum absolute atomic E-state index is 14.1. The lowest BCUT2D eigenvalue weighted by molar-refractivity contribution is 0.627. The Bertz CT molecular complexity index is 609. The highest BCUT2D eigenvalue weighted by Gasteiger charge is 2.10. The SMILES string of the molecule is CC(C)c1ccc(-c2ccccc2C#N)c(F)c1. The summed E-state index contributed by atoms with van der Waals surface area (Å²) in [5, 5.41) is 9.04. The number of hydrogen-bond acceptors (Lipinski definition) is 1. The van der Waals surface area contributed by atoms with Gasteiger partial charge in [0.05, 0.1) is 11.6 Å². The number of nitriles is 1. The Kier molecular flexibility index (Phi) is 3.43. The Balaban J connectivity index is 2.56. The van der Waals surface area contributed by atoms with Crippen molar-refractivity contribution in [3.05, 3.63) is 59.4 Å². The van der Waals surface area contributed by atoms with Gasteiger partial charge < -0.3 is 0 Å². The van der Waals surface area contributed by atoms with Crippen LogP contribution in [-0.2, 0) is 0 Å². The van der Waals surface area contributed by atoms with Crippen molar-refractivity contribution in [2.75, 3.05) is 0 Å². The number of halogens is 1. The van der Waals surface area contributed by atoms with E-state index in [1.165, 1.54) is 0 Å². The van der Waals surface area contributed by atoms with Crippen LogP contribution in [0.4, 0.5) is 4.39 Å². The van der Waals surface area contributed by atoms with E-state index < -0.39 is 0 Å². The van der Waals surface area contributed by atoms with E-state index in [0.717, 1.165) is 5.56 Å². The highest BCUT2D eigenvalue weighted by Crippen LogP contribution is 2.28. The first-order valence-corrected chi connectivity index (χ1v) is 5.92. The van der Waals surface area contributed by atoms with Crippen LogP contribution < -0.4 is 0 Å². The lowest BCUT2D eigenvalue weighted by Crippen LogP contribution is -1.93. The summed E-state index contributed by atoms with van der Waals surface area (Å²) in [4.78, 5) is 0. The Morgan fingerprint density at radius 1 is 1.06 bits per heavy atom. The molecule has 0 saturated heterocycles. The topological polar surface area (TPSA) is 23.8 Å². The maximum Gasteiger partial charge on any atom is 0.131 e. The summed E-state index contributed by atoms with van der Waals surface area (Å²) in [5.41, 5.74) is 2.59. The van der Waals surface area contributed by atoms with Crippen LogP contribution in [0.1, 0.15) is 30.9 Å². The molecule has 2 aromatic rings. The Labute approximate surface area is 107 Å². The molecule has 1 nitrogen and oxygen atoms in total. The summed E-state index contributed by atoms with van der Waals surface area (Å²) in [6.45, 7) is 4.05. The Morgan fingerprint density at radius 2 is 1.78 bits per heavy atom. The fourth-order valence-corrected chi connectivity index (χ4v) is 1.92. The van der Waals surface area contributed by atoms with Crippen molar-refractivity contribution in [3.63, 3.8) is 0 Å². The van der Waals surface area contributed by atoms with E-state index in [1.54, 1.807) is 30.3 Å². The van der Waals surface area contributed by atoms with Gasteiger partial charge in [0.1, 0.15) is 5.82 Å². The molecular formula is C16H14FN. The van der Waals surface area contributed by atoms with Crippen LogP contribution in [0.5, 0.6) is 0 Å². The van der Waals surface area contributed by atoms with Crippen LogP contribution in [0.3, 0.4) is 0 Å². The van der Waals surface area contributed by atoms with Gasteiger partial charge in [-0.05, 0) is 23.6 Å². The van der Waals surface area contributed by atoms with E-state index in [2.05, 4.69) is 6.07 Å². The molecule has 0 atom stereocenters. The highest BCUT2D eigenvalue weighted by atomic mass is 19.1. The smallest absolute Gasteiger partial charge is 0.131 e. The third-order valence-electron chi connectivity index (χ3n) is 3.00. The second kappa shape index (κ2) is 5.01. The van der Waals surface area contributed by atoms with Crippen molar-refractivity contribution in [2.24, 2.45) is 0 Å². The Hall–Kier alpha value is -2.14. The number of benzene rings is 2. The lowest BCUT2D eigenvalue weighted by Gasteiger charge is -2.09. The normalized spacial score (nSPS) is 10.4. The molecule has 0 aliphatic carbocycles. The van der Waals surface area contributed by atoms with Crippen LogP contribution in [0.15, 0.2) is 42.5 Å². The fourth-order valence-electron chi connectivity index (χ4n) is 1.92. The van der Waals surface area contributed by atoms with E-state index in [1.807, 2.05) is 26.0 Å². The maximum atomic E-state index is 14.1. The molecule has 90 valence electrons. The van der Waals surface area contributed by atoms with Crippen LogP contribution in [0.2, 0.25) is 0 Å². The minimum absolute atomic E-state index is 0.274. The van der Waals surface area contributed by atoms with Crippen molar-refractivity contribution in [1.29, 1.82) is 5.26 Å². The van der Waals surface area contributed by atoms with Gasteiger partial charge in [-0.3, -0.25) is 0 Å². The molecule has 0 saturated carbocycles. The quantitative estimate of drug-likeness (QED) is 0.757. The molecule has 2 rings (SSSR count). The van der Waals surface area contributed by atoms with Gasteiger partial charge in [0.15, 0.2) is 0 Å². The van der Waals surface area contributed by atoms with E-state index in [4.69, 9.17) is 5.26 Å². The third kappa shape index (κ3) is 2.26. The molecular weight excluding hydrogens is 225 g/mol. The molecule has 0 aromatic heterocycles. The van der Waals surface area contributed by atoms with Gasteiger partial charge in [-0.15, -0.1) is 0 Å². The molecule has 0 fully saturated rings. The van der Waals surface area contributed by atoms with Crippen molar-refractivity contribution in [3.8, 4) is 17.2 Å². The minimum atomic E-state index is -0.274. The predicted octanol–water partition coefficient (Wildman–Crippen LogP) is 4.49. The van der Waals surface area contributed by atoms with Crippen LogP contribution in [0.25, 0.3) is 11.1 Å². The third-order valence-corrected chi connectivity index (χ3v) is 3.00. The van der Waals surface area contributed by atoms with Crippen molar-refractivity contribution in [1.82, 2.24) is 0 Å². The first-order chi connectivity index (χ1) is 8.63. The van der Waals surface area contributed by atoms with Gasteiger partial charge >= 0.3 is 0 Å². The highest BCUT2D eigenvalue weighted by molar-refractivity contribution is 5.71. The zero-order valence-electron chi connectivity index (χ0n) is 10.4. The second-order valence-corrected chi connectivity index (χ2v) is 4.55. The van der Waals surface area contributed by atoms with Crippen molar-refractivity contribution < 1.29 is 4.39 Å². The number of hydrogen-bond donors (Lipinski definition) is 0.